The number of aliphatic hydroxyl groups is 2. The zero-order chi connectivity index (χ0) is 52.3. The quantitative estimate of drug-likeness (QED) is 0.0563. The number of allylic oxidation sites excluding steroid dienone is 6. The van der Waals surface area contributed by atoms with Gasteiger partial charge in [0.05, 0.1) is 30.8 Å². The van der Waals surface area contributed by atoms with E-state index >= 15 is 0 Å². The number of hydrogen-bond donors (Lipinski definition) is 3. The van der Waals surface area contributed by atoms with Crippen molar-refractivity contribution in [1.82, 2.24) is 0 Å². The highest BCUT2D eigenvalue weighted by molar-refractivity contribution is 7.59. The molecule has 17 atom stereocenters. The molecule has 400 valence electrons. The van der Waals surface area contributed by atoms with Crippen LogP contribution in [0.5, 0.6) is 0 Å². The molecule has 8 aliphatic rings. The number of hydrogen-bond acceptors (Lipinski definition) is 9. The van der Waals surface area contributed by atoms with Gasteiger partial charge in [0.25, 0.3) is 0 Å². The first kappa shape index (κ1) is 54.5. The standard InChI is InChI=1S/C62H88NO9P/c1-10-25-62(68)27-24-51-48-19-15-42-33-45(64)18-20-47(42)56(48)49(37-60(51,62)7)41-13-16-44(17-14-41)63(9)28-29-70-46-23-26-59(6)43(34-46)35-54(71-38-72-73(69,30-11-2)31-12-3)57-52-22-21-50(39(4)32-40(5)58(66)67)61(52,8)55(65)36-53(57)59/h11-14,16-17,33,39-40,43,46,48-55,57,65,68H,2-3,15,18-24,26-32,34-38H2,1,4-9H3,(H,66,67)/t39-,40?,43+,46+,48+,49-,50-,51+,52+,53+,54-,55+,57+,59+,60+,61-,62+/m1/s1. The number of aliphatic hydroxyl groups excluding tert-OH is 1. The van der Waals surface area contributed by atoms with Crippen molar-refractivity contribution in [2.75, 3.05) is 44.2 Å². The Hall–Kier alpha value is -3.29. The molecule has 0 spiro atoms. The third kappa shape index (κ3) is 9.79. The maximum atomic E-state index is 13.7. The molecular weight excluding hydrogens is 934 g/mol. The normalized spacial score (nSPS) is 39.5. The summed E-state index contributed by atoms with van der Waals surface area (Å²) in [6, 6.07) is 9.09. The van der Waals surface area contributed by atoms with Crippen LogP contribution in [0, 0.1) is 81.3 Å². The van der Waals surface area contributed by atoms with Crippen LogP contribution in [0.15, 0.2) is 72.4 Å². The van der Waals surface area contributed by atoms with Gasteiger partial charge in [-0.05, 0) is 190 Å². The van der Waals surface area contributed by atoms with E-state index in [1.165, 1.54) is 22.3 Å². The van der Waals surface area contributed by atoms with Crippen molar-refractivity contribution in [2.45, 2.75) is 168 Å². The van der Waals surface area contributed by atoms with Crippen molar-refractivity contribution < 1.29 is 43.5 Å². The van der Waals surface area contributed by atoms with E-state index in [0.29, 0.717) is 50.0 Å². The summed E-state index contributed by atoms with van der Waals surface area (Å²) in [7, 11) is -0.903. The number of likely N-dealkylation sites (N-methyl/N-ethyl adjacent to an activating group) is 1. The van der Waals surface area contributed by atoms with Gasteiger partial charge in [0, 0.05) is 49.4 Å². The van der Waals surface area contributed by atoms with Crippen LogP contribution in [0.2, 0.25) is 0 Å². The van der Waals surface area contributed by atoms with Crippen LogP contribution in [-0.4, -0.2) is 90.3 Å². The number of fused-ring (bicyclic) bond motifs is 9. The fourth-order valence-electron chi connectivity index (χ4n) is 17.8. The van der Waals surface area contributed by atoms with Crippen molar-refractivity contribution in [2.24, 2.45) is 69.5 Å². The van der Waals surface area contributed by atoms with Crippen molar-refractivity contribution >= 4 is 24.8 Å². The van der Waals surface area contributed by atoms with Crippen LogP contribution >= 0.6 is 7.37 Å². The Morgan fingerprint density at radius 2 is 1.68 bits per heavy atom. The highest BCUT2D eigenvalue weighted by atomic mass is 31.2. The zero-order valence-corrected chi connectivity index (χ0v) is 46.2. The minimum Gasteiger partial charge on any atom is -0.481 e. The predicted octanol–water partition coefficient (Wildman–Crippen LogP) is 12.2. The lowest BCUT2D eigenvalue weighted by Gasteiger charge is -2.64. The van der Waals surface area contributed by atoms with Gasteiger partial charge in [-0.1, -0.05) is 70.4 Å². The number of aliphatic carboxylic acids is 1. The van der Waals surface area contributed by atoms with Crippen LogP contribution in [0.1, 0.15) is 149 Å². The van der Waals surface area contributed by atoms with Gasteiger partial charge in [0.2, 0.25) is 7.37 Å². The number of rotatable bonds is 18. The van der Waals surface area contributed by atoms with Gasteiger partial charge >= 0.3 is 5.97 Å². The van der Waals surface area contributed by atoms with Crippen molar-refractivity contribution in [3.05, 3.63) is 77.9 Å². The van der Waals surface area contributed by atoms with Crippen LogP contribution in [-0.2, 0) is 28.2 Å². The summed E-state index contributed by atoms with van der Waals surface area (Å²) in [5.74, 6) is 7.65. The Morgan fingerprint density at radius 1 is 0.945 bits per heavy atom. The number of ether oxygens (including phenoxy) is 2. The Balaban J connectivity index is 0.883. The minimum atomic E-state index is -3.04. The number of anilines is 1. The van der Waals surface area contributed by atoms with Crippen molar-refractivity contribution in [1.29, 1.82) is 0 Å². The van der Waals surface area contributed by atoms with Gasteiger partial charge in [-0.2, -0.15) is 0 Å². The lowest BCUT2D eigenvalue weighted by Crippen LogP contribution is -2.63. The van der Waals surface area contributed by atoms with Gasteiger partial charge in [-0.3, -0.25) is 14.2 Å². The molecule has 0 heterocycles. The number of carbonyl (C=O) groups excluding carboxylic acids is 1. The molecular formula is C62H88NO9P. The second-order valence-corrected chi connectivity index (χ2v) is 27.9. The van der Waals surface area contributed by atoms with Crippen LogP contribution < -0.4 is 4.90 Å². The van der Waals surface area contributed by atoms with E-state index in [1.807, 2.05) is 13.0 Å². The molecule has 3 N–H and O–H groups in total. The molecule has 9 rings (SSSR count). The molecule has 10 nitrogen and oxygen atoms in total. The van der Waals surface area contributed by atoms with E-state index in [0.717, 1.165) is 82.9 Å². The van der Waals surface area contributed by atoms with Gasteiger partial charge < -0.3 is 34.2 Å². The third-order valence-corrected chi connectivity index (χ3v) is 23.9. The van der Waals surface area contributed by atoms with E-state index in [-0.39, 0.29) is 88.9 Å². The van der Waals surface area contributed by atoms with E-state index in [1.54, 1.807) is 19.1 Å². The smallest absolute Gasteiger partial charge is 0.306 e. The van der Waals surface area contributed by atoms with Crippen molar-refractivity contribution in [3.8, 4) is 11.8 Å². The van der Waals surface area contributed by atoms with Gasteiger partial charge in [-0.25, -0.2) is 0 Å². The first-order valence-corrected chi connectivity index (χ1v) is 30.3. The fourth-order valence-corrected chi connectivity index (χ4v) is 19.2. The minimum absolute atomic E-state index is 0.00814. The molecule has 6 saturated carbocycles. The lowest BCUT2D eigenvalue weighted by atomic mass is 9.43. The third-order valence-electron chi connectivity index (χ3n) is 21.7. The maximum absolute atomic E-state index is 13.7. The van der Waals surface area contributed by atoms with Crippen LogP contribution in [0.3, 0.4) is 0 Å². The molecule has 0 aromatic heterocycles. The summed E-state index contributed by atoms with van der Waals surface area (Å²) in [4.78, 5) is 26.8. The fraction of sp³-hybridized carbons (Fsp3) is 0.710. The summed E-state index contributed by atoms with van der Waals surface area (Å²) in [6.45, 7) is 21.8. The zero-order valence-electron chi connectivity index (χ0n) is 45.3. The molecule has 73 heavy (non-hydrogen) atoms. The number of benzene rings is 1. The summed E-state index contributed by atoms with van der Waals surface area (Å²) >= 11 is 0. The predicted molar refractivity (Wildman–Crippen MR) is 289 cm³/mol. The summed E-state index contributed by atoms with van der Waals surface area (Å²) in [5.41, 5.74) is 4.89. The molecule has 6 fully saturated rings. The number of nitrogens with zero attached hydrogens (tertiary/aromatic N) is 1. The van der Waals surface area contributed by atoms with Crippen LogP contribution in [0.4, 0.5) is 5.69 Å². The largest absolute Gasteiger partial charge is 0.481 e. The van der Waals surface area contributed by atoms with Crippen molar-refractivity contribution in [3.63, 3.8) is 0 Å². The molecule has 1 aromatic carbocycles. The molecule has 0 amide bonds. The maximum Gasteiger partial charge on any atom is 0.306 e. The Labute approximate surface area is 437 Å². The average molecular weight is 1020 g/mol. The Kier molecular flexibility index (Phi) is 15.9. The second kappa shape index (κ2) is 21.3. The van der Waals surface area contributed by atoms with Crippen LogP contribution in [0.25, 0.3) is 0 Å². The molecule has 0 aliphatic heterocycles. The van der Waals surface area contributed by atoms with E-state index < -0.39 is 31.0 Å². The van der Waals surface area contributed by atoms with Gasteiger partial charge in [-0.15, -0.1) is 19.1 Å². The number of carbonyl (C=O) groups is 2. The second-order valence-electron chi connectivity index (χ2n) is 25.2. The number of carboxylic acids is 1. The molecule has 0 saturated heterocycles. The van der Waals surface area contributed by atoms with Gasteiger partial charge in [0.1, 0.15) is 5.60 Å². The van der Waals surface area contributed by atoms with Gasteiger partial charge in [0.15, 0.2) is 12.6 Å². The highest BCUT2D eigenvalue weighted by Gasteiger charge is 2.67. The molecule has 0 radical (unpaired) electrons. The highest BCUT2D eigenvalue weighted by Crippen LogP contribution is 2.70. The average Bonchev–Trinajstić information content (AvgIpc) is 3.85. The Morgan fingerprint density at radius 3 is 2.38 bits per heavy atom. The van der Waals surface area contributed by atoms with E-state index in [4.69, 9.17) is 14.0 Å². The molecule has 0 bridgehead atoms. The Bertz CT molecular complexity index is 2420. The molecule has 1 unspecified atom stereocenters. The summed E-state index contributed by atoms with van der Waals surface area (Å²) in [5, 5.41) is 34.4. The molecule has 8 aliphatic carbocycles. The first-order valence-electron chi connectivity index (χ1n) is 28.3. The molecule has 1 aromatic rings. The first-order chi connectivity index (χ1) is 34.7. The van der Waals surface area contributed by atoms with E-state index in [2.05, 4.69) is 88.9 Å². The topological polar surface area (TPSA) is 143 Å². The van der Waals surface area contributed by atoms with E-state index in [9.17, 15) is 29.5 Å². The lowest BCUT2D eigenvalue weighted by molar-refractivity contribution is -0.227. The summed E-state index contributed by atoms with van der Waals surface area (Å²) < 4.78 is 33.5. The molecule has 11 heteroatoms. The SMILES string of the molecule is C=CCP(=O)(CC=C)OCO[C@@H]1C[C@@H]2C[C@@H](OCCN(C)c3ccc([C@H]4C[C@@]5(C)[C@@H](CC[C@@]5(O)C#CC)[C@@H]5CCC6=CC(=O)CCC6=C54)cc3)CC[C@]2(C)[C@H]2C[C@H](O)[C@]3(C)[C@@H]([C@H](C)CC(C)C(=O)O)CC[C@H]3[C@H]12. The number of carboxylic acid groups (broad SMARTS) is 1. The number of ketones is 1. The monoisotopic (exact) mass is 1020 g/mol. The summed E-state index contributed by atoms with van der Waals surface area (Å²) in [6.07, 6.45) is 18.0.